The van der Waals surface area contributed by atoms with Gasteiger partial charge < -0.3 is 4.57 Å². The van der Waals surface area contributed by atoms with Gasteiger partial charge >= 0.3 is 0 Å². The first-order valence-electron chi connectivity index (χ1n) is 7.40. The largest absolute Gasteiger partial charge is 0.305 e. The Morgan fingerprint density at radius 2 is 2.09 bits per heavy atom. The van der Waals surface area contributed by atoms with Crippen molar-refractivity contribution in [1.82, 2.24) is 14.8 Å². The third-order valence-corrected chi connectivity index (χ3v) is 5.86. The maximum atomic E-state index is 13.2. The van der Waals surface area contributed by atoms with Gasteiger partial charge in [-0.2, -0.15) is 0 Å². The summed E-state index contributed by atoms with van der Waals surface area (Å²) in [6.07, 6.45) is 0. The lowest BCUT2D eigenvalue weighted by molar-refractivity contribution is 0.626. The van der Waals surface area contributed by atoms with E-state index in [-0.39, 0.29) is 5.82 Å². The van der Waals surface area contributed by atoms with Crippen LogP contribution in [-0.2, 0) is 12.8 Å². The second-order valence-corrected chi connectivity index (χ2v) is 7.56. The number of thioether (sulfide) groups is 1. The number of hydrogen-bond acceptors (Lipinski definition) is 4. The Bertz CT molecular complexity index is 808. The first-order valence-corrected chi connectivity index (χ1v) is 9.26. The summed E-state index contributed by atoms with van der Waals surface area (Å²) in [4.78, 5) is 1.34. The molecule has 0 saturated carbocycles. The Labute approximate surface area is 143 Å². The second kappa shape index (κ2) is 6.84. The van der Waals surface area contributed by atoms with Gasteiger partial charge in [-0.3, -0.25) is 0 Å². The van der Waals surface area contributed by atoms with E-state index in [1.165, 1.54) is 10.9 Å². The molecule has 0 spiro atoms. The summed E-state index contributed by atoms with van der Waals surface area (Å²) < 4.78 is 15.2. The number of thiophene rings is 1. The summed E-state index contributed by atoms with van der Waals surface area (Å²) in [5.74, 6) is 1.85. The van der Waals surface area contributed by atoms with Crippen molar-refractivity contribution >= 4 is 23.1 Å². The molecule has 1 aromatic carbocycles. The fourth-order valence-electron chi connectivity index (χ4n) is 2.24. The molecule has 0 saturated heterocycles. The van der Waals surface area contributed by atoms with E-state index >= 15 is 0 Å². The van der Waals surface area contributed by atoms with Gasteiger partial charge in [0, 0.05) is 28.6 Å². The zero-order valence-electron chi connectivity index (χ0n) is 13.3. The Morgan fingerprint density at radius 3 is 2.78 bits per heavy atom. The monoisotopic (exact) mass is 347 g/mol. The molecule has 3 rings (SSSR count). The standard InChI is InChI=1S/C17H18FN3S2/c1-11(2)15-8-13(10-22-15)16-19-20-17(21(16)3)23-9-12-5-4-6-14(18)7-12/h4-8,10-11H,9H2,1-3H3. The molecular formula is C17H18FN3S2. The molecule has 6 heteroatoms. The van der Waals surface area contributed by atoms with Crippen LogP contribution in [0.1, 0.15) is 30.2 Å². The predicted octanol–water partition coefficient (Wildman–Crippen LogP) is 5.10. The van der Waals surface area contributed by atoms with Gasteiger partial charge in [0.15, 0.2) is 11.0 Å². The van der Waals surface area contributed by atoms with Crippen molar-refractivity contribution in [2.45, 2.75) is 30.7 Å². The van der Waals surface area contributed by atoms with Gasteiger partial charge in [-0.05, 0) is 29.7 Å². The van der Waals surface area contributed by atoms with Gasteiger partial charge in [0.05, 0.1) is 0 Å². The van der Waals surface area contributed by atoms with E-state index < -0.39 is 0 Å². The van der Waals surface area contributed by atoms with Crippen LogP contribution in [0.5, 0.6) is 0 Å². The molecule has 0 unspecified atom stereocenters. The maximum absolute atomic E-state index is 13.2. The smallest absolute Gasteiger partial charge is 0.191 e. The van der Waals surface area contributed by atoms with E-state index in [0.29, 0.717) is 11.7 Å². The molecule has 3 nitrogen and oxygen atoms in total. The highest BCUT2D eigenvalue weighted by Gasteiger charge is 2.14. The normalized spacial score (nSPS) is 11.3. The van der Waals surface area contributed by atoms with Crippen molar-refractivity contribution < 1.29 is 4.39 Å². The average molecular weight is 347 g/mol. The highest BCUT2D eigenvalue weighted by atomic mass is 32.2. The molecule has 0 aliphatic heterocycles. The van der Waals surface area contributed by atoms with Gasteiger partial charge in [-0.15, -0.1) is 21.5 Å². The van der Waals surface area contributed by atoms with Crippen LogP contribution < -0.4 is 0 Å². The number of benzene rings is 1. The van der Waals surface area contributed by atoms with Crippen LogP contribution in [0, 0.1) is 5.82 Å². The van der Waals surface area contributed by atoms with Crippen LogP contribution in [0.15, 0.2) is 40.9 Å². The molecular weight excluding hydrogens is 329 g/mol. The third-order valence-electron chi connectivity index (χ3n) is 3.54. The van der Waals surface area contributed by atoms with E-state index in [1.807, 2.05) is 17.7 Å². The quantitative estimate of drug-likeness (QED) is 0.602. The average Bonchev–Trinajstić information content (AvgIpc) is 3.12. The predicted molar refractivity (Wildman–Crippen MR) is 94.4 cm³/mol. The highest BCUT2D eigenvalue weighted by molar-refractivity contribution is 7.98. The van der Waals surface area contributed by atoms with Crippen LogP contribution in [-0.4, -0.2) is 14.8 Å². The van der Waals surface area contributed by atoms with E-state index in [9.17, 15) is 4.39 Å². The Morgan fingerprint density at radius 1 is 1.26 bits per heavy atom. The lowest BCUT2D eigenvalue weighted by atomic mass is 10.1. The minimum atomic E-state index is -0.207. The number of aromatic nitrogens is 3. The van der Waals surface area contributed by atoms with Crippen LogP contribution in [0.2, 0.25) is 0 Å². The Balaban J connectivity index is 1.76. The molecule has 0 fully saturated rings. The number of nitrogens with zero attached hydrogens (tertiary/aromatic N) is 3. The summed E-state index contributed by atoms with van der Waals surface area (Å²) >= 11 is 3.32. The Kier molecular flexibility index (Phi) is 4.82. The fraction of sp³-hybridized carbons (Fsp3) is 0.294. The lowest BCUT2D eigenvalue weighted by Crippen LogP contribution is -1.94. The lowest BCUT2D eigenvalue weighted by Gasteiger charge is -2.03. The molecule has 2 aromatic heterocycles. The molecule has 0 N–H and O–H groups in total. The van der Waals surface area contributed by atoms with Crippen molar-refractivity contribution in [3.63, 3.8) is 0 Å². The molecule has 0 atom stereocenters. The summed E-state index contributed by atoms with van der Waals surface area (Å²) in [5.41, 5.74) is 2.04. The van der Waals surface area contributed by atoms with Gasteiger partial charge in [-0.1, -0.05) is 37.7 Å². The van der Waals surface area contributed by atoms with Crippen molar-refractivity contribution in [3.8, 4) is 11.4 Å². The molecule has 2 heterocycles. The molecule has 0 bridgehead atoms. The van der Waals surface area contributed by atoms with Crippen LogP contribution >= 0.6 is 23.1 Å². The zero-order valence-corrected chi connectivity index (χ0v) is 14.9. The minimum absolute atomic E-state index is 0.207. The molecule has 120 valence electrons. The molecule has 0 aliphatic carbocycles. The third kappa shape index (κ3) is 3.64. The van der Waals surface area contributed by atoms with E-state index in [0.717, 1.165) is 22.1 Å². The van der Waals surface area contributed by atoms with Gasteiger partial charge in [-0.25, -0.2) is 4.39 Å². The SMILES string of the molecule is CC(C)c1cc(-c2nnc(SCc3cccc(F)c3)n2C)cs1. The zero-order chi connectivity index (χ0) is 16.4. The highest BCUT2D eigenvalue weighted by Crippen LogP contribution is 2.31. The summed E-state index contributed by atoms with van der Waals surface area (Å²) in [7, 11) is 1.97. The number of halogens is 1. The van der Waals surface area contributed by atoms with Crippen molar-refractivity contribution in [2.24, 2.45) is 7.05 Å². The molecule has 23 heavy (non-hydrogen) atoms. The molecule has 0 radical (unpaired) electrons. The number of rotatable bonds is 5. The van der Waals surface area contributed by atoms with Crippen molar-refractivity contribution in [1.29, 1.82) is 0 Å². The second-order valence-electron chi connectivity index (χ2n) is 5.68. The Hall–Kier alpha value is -1.66. The van der Waals surface area contributed by atoms with Crippen molar-refractivity contribution in [3.05, 3.63) is 52.0 Å². The number of hydrogen-bond donors (Lipinski definition) is 0. The van der Waals surface area contributed by atoms with E-state index in [2.05, 4.69) is 35.5 Å². The van der Waals surface area contributed by atoms with Crippen LogP contribution in [0.3, 0.4) is 0 Å². The minimum Gasteiger partial charge on any atom is -0.305 e. The van der Waals surface area contributed by atoms with Crippen LogP contribution in [0.4, 0.5) is 4.39 Å². The first-order chi connectivity index (χ1) is 11.0. The molecule has 3 aromatic rings. The van der Waals surface area contributed by atoms with E-state index in [4.69, 9.17) is 0 Å². The fourth-order valence-corrected chi connectivity index (χ4v) is 4.00. The van der Waals surface area contributed by atoms with Gasteiger partial charge in [0.1, 0.15) is 5.82 Å². The summed E-state index contributed by atoms with van der Waals surface area (Å²) in [6, 6.07) is 8.84. The van der Waals surface area contributed by atoms with Gasteiger partial charge in [0.25, 0.3) is 0 Å². The summed E-state index contributed by atoms with van der Waals surface area (Å²) in [6.45, 7) is 4.37. The topological polar surface area (TPSA) is 30.7 Å². The van der Waals surface area contributed by atoms with Crippen molar-refractivity contribution in [2.75, 3.05) is 0 Å². The summed E-state index contributed by atoms with van der Waals surface area (Å²) in [5, 5.41) is 11.5. The molecule has 0 amide bonds. The van der Waals surface area contributed by atoms with Crippen LogP contribution in [0.25, 0.3) is 11.4 Å². The maximum Gasteiger partial charge on any atom is 0.191 e. The van der Waals surface area contributed by atoms with E-state index in [1.54, 1.807) is 35.2 Å². The molecule has 0 aliphatic rings. The first kappa shape index (κ1) is 16.2. The van der Waals surface area contributed by atoms with Gasteiger partial charge in [0.2, 0.25) is 0 Å².